The minimum Gasteiger partial charge on any atom is -0.495 e. The van der Waals surface area contributed by atoms with E-state index < -0.39 is 35.7 Å². The molecule has 7 nitrogen and oxygen atoms in total. The highest BCUT2D eigenvalue weighted by atomic mass is 35.5. The first kappa shape index (κ1) is 23.2. The van der Waals surface area contributed by atoms with E-state index >= 15 is 0 Å². The summed E-state index contributed by atoms with van der Waals surface area (Å²) in [5, 5.41) is 14.8. The molecule has 2 aromatic carbocycles. The summed E-state index contributed by atoms with van der Waals surface area (Å²) in [5.74, 6) is -2.45. The van der Waals surface area contributed by atoms with Gasteiger partial charge in [-0.3, -0.25) is 9.59 Å². The van der Waals surface area contributed by atoms with E-state index in [-0.39, 0.29) is 12.8 Å². The van der Waals surface area contributed by atoms with Crippen molar-refractivity contribution in [1.82, 2.24) is 10.6 Å². The van der Waals surface area contributed by atoms with Crippen molar-refractivity contribution >= 4 is 29.4 Å². The molecule has 0 fully saturated rings. The van der Waals surface area contributed by atoms with Gasteiger partial charge >= 0.3 is 5.97 Å². The van der Waals surface area contributed by atoms with Crippen molar-refractivity contribution in [3.8, 4) is 5.75 Å². The Bertz CT molecular complexity index is 937. The molecule has 0 saturated carbocycles. The van der Waals surface area contributed by atoms with Crippen molar-refractivity contribution in [2.45, 2.75) is 31.8 Å². The second-order valence-electron chi connectivity index (χ2n) is 6.66. The number of carbonyl (C=O) groups is 3. The van der Waals surface area contributed by atoms with Gasteiger partial charge in [-0.05, 0) is 35.4 Å². The average Bonchev–Trinajstić information content (AvgIpc) is 2.66. The van der Waals surface area contributed by atoms with Gasteiger partial charge < -0.3 is 20.5 Å². The van der Waals surface area contributed by atoms with E-state index in [2.05, 4.69) is 10.6 Å². The van der Waals surface area contributed by atoms with Gasteiger partial charge in [-0.2, -0.15) is 0 Å². The fourth-order valence-electron chi connectivity index (χ4n) is 2.90. The Morgan fingerprint density at radius 3 is 2.30 bits per heavy atom. The van der Waals surface area contributed by atoms with Crippen LogP contribution in [-0.4, -0.2) is 42.1 Å². The second-order valence-corrected chi connectivity index (χ2v) is 7.07. The molecular formula is C21H22ClFN2O5. The molecule has 2 amide bonds. The van der Waals surface area contributed by atoms with Gasteiger partial charge in [-0.15, -0.1) is 0 Å². The quantitative estimate of drug-likeness (QED) is 0.559. The Morgan fingerprint density at radius 2 is 1.73 bits per heavy atom. The molecule has 30 heavy (non-hydrogen) atoms. The van der Waals surface area contributed by atoms with Crippen molar-refractivity contribution in [3.05, 3.63) is 64.4 Å². The number of carboxylic acids is 1. The summed E-state index contributed by atoms with van der Waals surface area (Å²) in [4.78, 5) is 35.9. The van der Waals surface area contributed by atoms with Crippen molar-refractivity contribution in [1.29, 1.82) is 0 Å². The lowest BCUT2D eigenvalue weighted by atomic mass is 10.0. The fourth-order valence-corrected chi connectivity index (χ4v) is 3.18. The van der Waals surface area contributed by atoms with Gasteiger partial charge in [-0.25, -0.2) is 9.18 Å². The van der Waals surface area contributed by atoms with Crippen LogP contribution in [-0.2, 0) is 27.2 Å². The number of amides is 2. The molecule has 0 bridgehead atoms. The molecule has 0 aliphatic heterocycles. The highest BCUT2D eigenvalue weighted by Crippen LogP contribution is 2.25. The first-order chi connectivity index (χ1) is 14.2. The Hall–Kier alpha value is -3.13. The van der Waals surface area contributed by atoms with Gasteiger partial charge in [0.15, 0.2) is 0 Å². The molecule has 0 aromatic heterocycles. The highest BCUT2D eigenvalue weighted by Gasteiger charge is 2.26. The van der Waals surface area contributed by atoms with E-state index in [4.69, 9.17) is 16.3 Å². The van der Waals surface area contributed by atoms with E-state index in [9.17, 15) is 23.9 Å². The van der Waals surface area contributed by atoms with E-state index in [0.717, 1.165) is 0 Å². The van der Waals surface area contributed by atoms with Gasteiger partial charge in [0.05, 0.1) is 12.1 Å². The third-order valence-electron chi connectivity index (χ3n) is 4.29. The Balaban J connectivity index is 2.15. The monoisotopic (exact) mass is 436 g/mol. The fraction of sp³-hybridized carbons (Fsp3) is 0.286. The van der Waals surface area contributed by atoms with E-state index in [1.165, 1.54) is 32.2 Å². The number of nitrogens with one attached hydrogen (secondary N) is 2. The van der Waals surface area contributed by atoms with E-state index in [0.29, 0.717) is 21.9 Å². The van der Waals surface area contributed by atoms with Crippen molar-refractivity contribution in [2.24, 2.45) is 0 Å². The molecular weight excluding hydrogens is 415 g/mol. The van der Waals surface area contributed by atoms with Gasteiger partial charge in [0.25, 0.3) is 0 Å². The predicted molar refractivity (Wildman–Crippen MR) is 109 cm³/mol. The zero-order chi connectivity index (χ0) is 22.3. The standard InChI is InChI=1S/C21H22ClFN2O5/c1-12(26)24-17(10-13-4-3-5-15(23)8-13)20(27)25-18(21(28)29)11-14-6-7-19(30-2)16(22)9-14/h3-9,17-18H,10-11H2,1-2H3,(H,24,26)(H,25,27)(H,28,29)/t17-,18-/m1/s1. The Kier molecular flexibility index (Phi) is 8.17. The largest absolute Gasteiger partial charge is 0.495 e. The molecule has 2 atom stereocenters. The van der Waals surface area contributed by atoms with E-state index in [1.807, 2.05) is 0 Å². The number of halogens is 2. The zero-order valence-electron chi connectivity index (χ0n) is 16.4. The molecule has 9 heteroatoms. The summed E-state index contributed by atoms with van der Waals surface area (Å²) in [7, 11) is 1.46. The number of aliphatic carboxylic acids is 1. The molecule has 0 heterocycles. The second kappa shape index (κ2) is 10.6. The van der Waals surface area contributed by atoms with Crippen LogP contribution in [0.25, 0.3) is 0 Å². The normalized spacial score (nSPS) is 12.5. The van der Waals surface area contributed by atoms with Crippen LogP contribution in [0.5, 0.6) is 5.75 Å². The molecule has 160 valence electrons. The number of carboxylic acid groups (broad SMARTS) is 1. The number of methoxy groups -OCH3 is 1. The van der Waals surface area contributed by atoms with Gasteiger partial charge in [-0.1, -0.05) is 29.8 Å². The molecule has 0 spiro atoms. The number of rotatable bonds is 9. The molecule has 0 aliphatic carbocycles. The maximum absolute atomic E-state index is 13.4. The van der Waals surface area contributed by atoms with Gasteiger partial charge in [0.2, 0.25) is 11.8 Å². The molecule has 2 rings (SSSR count). The first-order valence-corrected chi connectivity index (χ1v) is 9.44. The number of benzene rings is 2. The zero-order valence-corrected chi connectivity index (χ0v) is 17.2. The summed E-state index contributed by atoms with van der Waals surface area (Å²) in [6, 6.07) is 8.08. The van der Waals surface area contributed by atoms with Crippen molar-refractivity contribution in [3.63, 3.8) is 0 Å². The third-order valence-corrected chi connectivity index (χ3v) is 4.59. The first-order valence-electron chi connectivity index (χ1n) is 9.06. The molecule has 3 N–H and O–H groups in total. The number of hydrogen-bond acceptors (Lipinski definition) is 4. The van der Waals surface area contributed by atoms with Crippen LogP contribution < -0.4 is 15.4 Å². The van der Waals surface area contributed by atoms with Crippen LogP contribution in [0.1, 0.15) is 18.1 Å². The molecule has 0 saturated heterocycles. The van der Waals surface area contributed by atoms with E-state index in [1.54, 1.807) is 24.3 Å². The summed E-state index contributed by atoms with van der Waals surface area (Å²) in [6.45, 7) is 1.24. The van der Waals surface area contributed by atoms with Gasteiger partial charge in [0, 0.05) is 19.8 Å². The van der Waals surface area contributed by atoms with Crippen molar-refractivity contribution < 1.29 is 28.6 Å². The van der Waals surface area contributed by atoms with Gasteiger partial charge in [0.1, 0.15) is 23.7 Å². The number of hydrogen-bond donors (Lipinski definition) is 3. The lowest BCUT2D eigenvalue weighted by molar-refractivity contribution is -0.142. The van der Waals surface area contributed by atoms with Crippen molar-refractivity contribution in [2.75, 3.05) is 7.11 Å². The highest BCUT2D eigenvalue weighted by molar-refractivity contribution is 6.32. The molecule has 0 unspecified atom stereocenters. The maximum Gasteiger partial charge on any atom is 0.326 e. The van der Waals surface area contributed by atoms with Crippen LogP contribution in [0.15, 0.2) is 42.5 Å². The third kappa shape index (κ3) is 6.73. The maximum atomic E-state index is 13.4. The van der Waals surface area contributed by atoms with Crippen LogP contribution in [0.4, 0.5) is 4.39 Å². The van der Waals surface area contributed by atoms with Crippen LogP contribution in [0, 0.1) is 5.82 Å². The van der Waals surface area contributed by atoms with Crippen LogP contribution in [0.2, 0.25) is 5.02 Å². The summed E-state index contributed by atoms with van der Waals surface area (Å²) < 4.78 is 18.5. The topological polar surface area (TPSA) is 105 Å². The Labute approximate surface area is 178 Å². The summed E-state index contributed by atoms with van der Waals surface area (Å²) in [6.07, 6.45) is -0.0264. The lowest BCUT2D eigenvalue weighted by Crippen LogP contribution is -2.52. The minimum absolute atomic E-state index is 0.00385. The smallest absolute Gasteiger partial charge is 0.326 e. The van der Waals surface area contributed by atoms with Crippen LogP contribution in [0.3, 0.4) is 0 Å². The Morgan fingerprint density at radius 1 is 1.07 bits per heavy atom. The number of carbonyl (C=O) groups excluding carboxylic acids is 2. The SMILES string of the molecule is COc1ccc(C[C@@H](NC(=O)[C@@H](Cc2cccc(F)c2)NC(C)=O)C(=O)O)cc1Cl. The molecule has 0 radical (unpaired) electrons. The predicted octanol–water partition coefficient (Wildman–Crippen LogP) is 2.35. The lowest BCUT2D eigenvalue weighted by Gasteiger charge is -2.21. The average molecular weight is 437 g/mol. The molecule has 2 aromatic rings. The summed E-state index contributed by atoms with van der Waals surface area (Å²) >= 11 is 6.07. The number of ether oxygens (including phenoxy) is 1. The van der Waals surface area contributed by atoms with Crippen LogP contribution >= 0.6 is 11.6 Å². The molecule has 0 aliphatic rings. The summed E-state index contributed by atoms with van der Waals surface area (Å²) in [5.41, 5.74) is 1.06. The minimum atomic E-state index is -1.26.